The van der Waals surface area contributed by atoms with Gasteiger partial charge in [-0.3, -0.25) is 5.32 Å². The van der Waals surface area contributed by atoms with Gasteiger partial charge in [-0.05, 0) is 24.6 Å². The molecule has 23 heavy (non-hydrogen) atoms. The van der Waals surface area contributed by atoms with Crippen LogP contribution in [-0.4, -0.2) is 17.4 Å². The molecule has 0 spiro atoms. The first-order valence-electron chi connectivity index (χ1n) is 6.64. The Labute approximate surface area is 130 Å². The first-order valence-corrected chi connectivity index (χ1v) is 6.64. The molecule has 0 saturated heterocycles. The topological polar surface area (TPSA) is 63.2 Å². The molecule has 0 bridgehead atoms. The standard InChI is InChI=1S/C15H14F3N3O2/c1-10-6-7-13(19-8-10)21-14(22)20-9-11-4-2-3-5-12(11)23-15(16,17)18/h2-8H,9H2,1H3,(H2,19,20,21,22). The molecule has 8 heteroatoms. The monoisotopic (exact) mass is 325 g/mol. The summed E-state index contributed by atoms with van der Waals surface area (Å²) in [4.78, 5) is 15.7. The minimum Gasteiger partial charge on any atom is -0.405 e. The van der Waals surface area contributed by atoms with E-state index in [1.165, 1.54) is 18.2 Å². The van der Waals surface area contributed by atoms with E-state index in [0.29, 0.717) is 5.82 Å². The van der Waals surface area contributed by atoms with E-state index in [-0.39, 0.29) is 17.9 Å². The summed E-state index contributed by atoms with van der Waals surface area (Å²) in [5.74, 6) is -0.0123. The molecule has 122 valence electrons. The van der Waals surface area contributed by atoms with Crippen molar-refractivity contribution in [1.29, 1.82) is 0 Å². The number of nitrogens with zero attached hydrogens (tertiary/aromatic N) is 1. The smallest absolute Gasteiger partial charge is 0.405 e. The average molecular weight is 325 g/mol. The van der Waals surface area contributed by atoms with Gasteiger partial charge in [0.15, 0.2) is 0 Å². The fraction of sp³-hybridized carbons (Fsp3) is 0.200. The maximum absolute atomic E-state index is 12.3. The Morgan fingerprint density at radius 3 is 2.61 bits per heavy atom. The number of alkyl halides is 3. The Hall–Kier alpha value is -2.77. The van der Waals surface area contributed by atoms with E-state index in [2.05, 4.69) is 20.4 Å². The highest BCUT2D eigenvalue weighted by Gasteiger charge is 2.31. The molecular formula is C15H14F3N3O2. The summed E-state index contributed by atoms with van der Waals surface area (Å²) in [6.45, 7) is 1.73. The molecule has 2 amide bonds. The summed E-state index contributed by atoms with van der Waals surface area (Å²) < 4.78 is 40.8. The average Bonchev–Trinajstić information content (AvgIpc) is 2.47. The Bertz CT molecular complexity index is 672. The molecule has 0 atom stereocenters. The second kappa shape index (κ2) is 6.99. The molecule has 1 aromatic heterocycles. The minimum absolute atomic E-state index is 0.121. The van der Waals surface area contributed by atoms with E-state index in [4.69, 9.17) is 0 Å². The van der Waals surface area contributed by atoms with Crippen LogP contribution in [0.4, 0.5) is 23.8 Å². The first kappa shape index (κ1) is 16.6. The fourth-order valence-corrected chi connectivity index (χ4v) is 1.75. The number of carbonyl (C=O) groups excluding carboxylic acids is 1. The van der Waals surface area contributed by atoms with Gasteiger partial charge < -0.3 is 10.1 Å². The summed E-state index contributed by atoms with van der Waals surface area (Å²) in [5.41, 5.74) is 1.14. The van der Waals surface area contributed by atoms with Crippen molar-refractivity contribution in [1.82, 2.24) is 10.3 Å². The van der Waals surface area contributed by atoms with Crippen LogP contribution in [0.2, 0.25) is 0 Å². The van der Waals surface area contributed by atoms with Crippen molar-refractivity contribution in [2.24, 2.45) is 0 Å². The lowest BCUT2D eigenvalue weighted by atomic mass is 10.2. The summed E-state index contributed by atoms with van der Waals surface area (Å²) in [6.07, 6.45) is -3.20. The van der Waals surface area contributed by atoms with Crippen LogP contribution in [0.25, 0.3) is 0 Å². The molecule has 0 aliphatic carbocycles. The van der Waals surface area contributed by atoms with Crippen LogP contribution in [0.3, 0.4) is 0 Å². The third kappa shape index (κ3) is 5.50. The molecule has 0 fully saturated rings. The van der Waals surface area contributed by atoms with Crippen molar-refractivity contribution < 1.29 is 22.7 Å². The summed E-state index contributed by atoms with van der Waals surface area (Å²) in [5, 5.41) is 4.93. The number of rotatable bonds is 4. The van der Waals surface area contributed by atoms with Crippen LogP contribution >= 0.6 is 0 Å². The lowest BCUT2D eigenvalue weighted by Gasteiger charge is -2.13. The molecular weight excluding hydrogens is 311 g/mol. The van der Waals surface area contributed by atoms with E-state index in [1.807, 2.05) is 6.92 Å². The van der Waals surface area contributed by atoms with E-state index in [1.54, 1.807) is 24.4 Å². The number of hydrogen-bond acceptors (Lipinski definition) is 3. The number of aryl methyl sites for hydroxylation is 1. The predicted molar refractivity (Wildman–Crippen MR) is 78.0 cm³/mol. The predicted octanol–water partition coefficient (Wildman–Crippen LogP) is 3.61. The number of hydrogen-bond donors (Lipinski definition) is 2. The second-order valence-corrected chi connectivity index (χ2v) is 4.68. The highest BCUT2D eigenvalue weighted by atomic mass is 19.4. The zero-order valence-electron chi connectivity index (χ0n) is 12.1. The molecule has 0 radical (unpaired) electrons. The molecule has 2 rings (SSSR count). The number of pyridine rings is 1. The number of para-hydroxylation sites is 1. The quantitative estimate of drug-likeness (QED) is 0.902. The van der Waals surface area contributed by atoms with E-state index in [0.717, 1.165) is 5.56 Å². The molecule has 2 N–H and O–H groups in total. The van der Waals surface area contributed by atoms with Gasteiger partial charge in [-0.15, -0.1) is 13.2 Å². The van der Waals surface area contributed by atoms with E-state index in [9.17, 15) is 18.0 Å². The maximum Gasteiger partial charge on any atom is 0.573 e. The zero-order valence-corrected chi connectivity index (χ0v) is 12.1. The molecule has 1 aromatic carbocycles. The van der Waals surface area contributed by atoms with Gasteiger partial charge in [0, 0.05) is 18.3 Å². The van der Waals surface area contributed by atoms with Gasteiger partial charge in [0.05, 0.1) is 0 Å². The minimum atomic E-state index is -4.79. The molecule has 0 aliphatic heterocycles. The molecule has 0 aliphatic rings. The van der Waals surface area contributed by atoms with Gasteiger partial charge in [0.25, 0.3) is 0 Å². The first-order chi connectivity index (χ1) is 10.8. The zero-order chi connectivity index (χ0) is 16.9. The van der Waals surface area contributed by atoms with Crippen molar-refractivity contribution >= 4 is 11.8 Å². The Balaban J connectivity index is 1.95. The molecule has 0 unspecified atom stereocenters. The van der Waals surface area contributed by atoms with Crippen molar-refractivity contribution in [3.05, 3.63) is 53.7 Å². The number of nitrogens with one attached hydrogen (secondary N) is 2. The number of aromatic nitrogens is 1. The van der Waals surface area contributed by atoms with Gasteiger partial charge in [0.2, 0.25) is 0 Å². The van der Waals surface area contributed by atoms with Crippen molar-refractivity contribution in [3.63, 3.8) is 0 Å². The van der Waals surface area contributed by atoms with Gasteiger partial charge >= 0.3 is 12.4 Å². The fourth-order valence-electron chi connectivity index (χ4n) is 1.75. The van der Waals surface area contributed by atoms with Crippen LogP contribution in [0, 0.1) is 6.92 Å². The van der Waals surface area contributed by atoms with Crippen LogP contribution in [0.5, 0.6) is 5.75 Å². The Kier molecular flexibility index (Phi) is 5.05. The lowest BCUT2D eigenvalue weighted by molar-refractivity contribution is -0.274. The number of amides is 2. The van der Waals surface area contributed by atoms with Crippen molar-refractivity contribution in [3.8, 4) is 5.75 Å². The van der Waals surface area contributed by atoms with Crippen LogP contribution in [0.1, 0.15) is 11.1 Å². The number of benzene rings is 1. The van der Waals surface area contributed by atoms with Gasteiger partial charge in [0.1, 0.15) is 11.6 Å². The highest BCUT2D eigenvalue weighted by molar-refractivity contribution is 5.88. The van der Waals surface area contributed by atoms with Gasteiger partial charge in [-0.2, -0.15) is 0 Å². The van der Waals surface area contributed by atoms with Gasteiger partial charge in [-0.1, -0.05) is 24.3 Å². The van der Waals surface area contributed by atoms with Crippen molar-refractivity contribution in [2.75, 3.05) is 5.32 Å². The third-order valence-corrected chi connectivity index (χ3v) is 2.79. The molecule has 5 nitrogen and oxygen atoms in total. The van der Waals surface area contributed by atoms with E-state index < -0.39 is 12.4 Å². The summed E-state index contributed by atoms with van der Waals surface area (Å²) in [7, 11) is 0. The summed E-state index contributed by atoms with van der Waals surface area (Å²) >= 11 is 0. The number of urea groups is 1. The molecule has 0 saturated carbocycles. The highest BCUT2D eigenvalue weighted by Crippen LogP contribution is 2.26. The number of carbonyl (C=O) groups is 1. The number of halogens is 3. The van der Waals surface area contributed by atoms with Crippen molar-refractivity contribution in [2.45, 2.75) is 19.8 Å². The number of anilines is 1. The van der Waals surface area contributed by atoms with E-state index >= 15 is 0 Å². The van der Waals surface area contributed by atoms with Crippen LogP contribution in [0.15, 0.2) is 42.6 Å². The largest absolute Gasteiger partial charge is 0.573 e. The Morgan fingerprint density at radius 2 is 1.96 bits per heavy atom. The normalized spacial score (nSPS) is 11.0. The van der Waals surface area contributed by atoms with Crippen LogP contribution in [-0.2, 0) is 6.54 Å². The third-order valence-electron chi connectivity index (χ3n) is 2.79. The SMILES string of the molecule is Cc1ccc(NC(=O)NCc2ccccc2OC(F)(F)F)nc1. The molecule has 1 heterocycles. The second-order valence-electron chi connectivity index (χ2n) is 4.68. The van der Waals surface area contributed by atoms with Crippen LogP contribution < -0.4 is 15.4 Å². The lowest BCUT2D eigenvalue weighted by Crippen LogP contribution is -2.29. The molecule has 2 aromatic rings. The maximum atomic E-state index is 12.3. The Morgan fingerprint density at radius 1 is 1.22 bits per heavy atom. The summed E-state index contributed by atoms with van der Waals surface area (Å²) in [6, 6.07) is 8.41. The van der Waals surface area contributed by atoms with Gasteiger partial charge in [-0.25, -0.2) is 9.78 Å². The number of ether oxygens (including phenoxy) is 1.